The second kappa shape index (κ2) is 12.7. The molecule has 2 nitrogen and oxygen atoms in total. The van der Waals surface area contributed by atoms with Crippen LogP contribution in [0.3, 0.4) is 0 Å². The maximum atomic E-state index is 11.8. The van der Waals surface area contributed by atoms with Crippen molar-refractivity contribution >= 4 is 0 Å². The molecule has 1 aromatic carbocycles. The summed E-state index contributed by atoms with van der Waals surface area (Å²) >= 11 is 0. The van der Waals surface area contributed by atoms with Gasteiger partial charge in [-0.05, 0) is 6.42 Å². The molecule has 2 unspecified atom stereocenters. The molecule has 2 heteroatoms. The Kier molecular flexibility index (Phi) is 11.0. The molecule has 1 N–H and O–H groups in total. The number of hydrogen-bond acceptors (Lipinski definition) is 1. The van der Waals surface area contributed by atoms with E-state index in [-0.39, 0.29) is 6.04 Å². The van der Waals surface area contributed by atoms with E-state index in [0.717, 1.165) is 6.42 Å². The molecule has 0 aliphatic carbocycles. The highest BCUT2D eigenvalue weighted by Crippen LogP contribution is 2.18. The van der Waals surface area contributed by atoms with Crippen LogP contribution in [0.15, 0.2) is 30.3 Å². The van der Waals surface area contributed by atoms with E-state index in [2.05, 4.69) is 19.1 Å². The van der Waals surface area contributed by atoms with Gasteiger partial charge in [-0.2, -0.15) is 0 Å². The van der Waals surface area contributed by atoms with Crippen molar-refractivity contribution in [2.24, 2.45) is 0 Å². The van der Waals surface area contributed by atoms with Crippen molar-refractivity contribution in [2.75, 3.05) is 7.05 Å². The summed E-state index contributed by atoms with van der Waals surface area (Å²) < 4.78 is 0. The molecule has 0 spiro atoms. The summed E-state index contributed by atoms with van der Waals surface area (Å²) in [6.07, 6.45) is 14.5. The second-order valence-corrected chi connectivity index (χ2v) is 6.54. The van der Waals surface area contributed by atoms with Crippen molar-refractivity contribution in [3.05, 3.63) is 41.1 Å². The zero-order chi connectivity index (χ0) is 16.0. The van der Waals surface area contributed by atoms with E-state index in [1.807, 2.05) is 18.2 Å². The molecule has 0 aromatic heterocycles. The van der Waals surface area contributed by atoms with Gasteiger partial charge in [-0.15, -0.1) is 0 Å². The average molecular weight is 306 g/mol. The van der Waals surface area contributed by atoms with Crippen LogP contribution in [-0.2, 0) is 0 Å². The fourth-order valence-electron chi connectivity index (χ4n) is 3.13. The van der Waals surface area contributed by atoms with Crippen molar-refractivity contribution in [1.29, 1.82) is 0 Å². The largest absolute Gasteiger partial charge is 0.634 e. The number of hydrogen-bond donors (Lipinski definition) is 1. The number of hydroxylamine groups is 2. The van der Waals surface area contributed by atoms with Crippen LogP contribution in [0.2, 0.25) is 0 Å². The van der Waals surface area contributed by atoms with Crippen molar-refractivity contribution in [2.45, 2.75) is 83.6 Å². The normalized spacial score (nSPS) is 14.0. The molecular formula is C20H35NO. The van der Waals surface area contributed by atoms with Crippen molar-refractivity contribution in [3.63, 3.8) is 0 Å². The van der Waals surface area contributed by atoms with Crippen LogP contribution in [0, 0.1) is 5.21 Å². The Balaban J connectivity index is 2.07. The lowest BCUT2D eigenvalue weighted by molar-refractivity contribution is -0.861. The molecule has 22 heavy (non-hydrogen) atoms. The number of nitrogens with one attached hydrogen (secondary N) is 1. The quantitative estimate of drug-likeness (QED) is 0.401. The molecule has 0 bridgehead atoms. The summed E-state index contributed by atoms with van der Waals surface area (Å²) in [5.41, 5.74) is 1.19. The van der Waals surface area contributed by atoms with Gasteiger partial charge < -0.3 is 10.3 Å². The summed E-state index contributed by atoms with van der Waals surface area (Å²) in [6.45, 7) is 2.27. The Labute approximate surface area is 137 Å². The zero-order valence-corrected chi connectivity index (χ0v) is 14.7. The minimum absolute atomic E-state index is 0.107. The van der Waals surface area contributed by atoms with E-state index in [9.17, 15) is 5.21 Å². The molecule has 0 radical (unpaired) electrons. The van der Waals surface area contributed by atoms with Crippen LogP contribution in [0.25, 0.3) is 0 Å². The molecule has 2 atom stereocenters. The second-order valence-electron chi connectivity index (χ2n) is 6.54. The van der Waals surface area contributed by atoms with Gasteiger partial charge in [-0.1, -0.05) is 95.0 Å². The van der Waals surface area contributed by atoms with E-state index < -0.39 is 0 Å². The van der Waals surface area contributed by atoms with E-state index in [0.29, 0.717) is 5.06 Å². The highest BCUT2D eigenvalue weighted by molar-refractivity contribution is 5.17. The standard InChI is InChI=1S/C20H35NO/c1-3-4-5-6-7-8-9-10-11-15-18-20(21(2)22)19-16-13-12-14-17-19/h12-14,16-17,20-21H,3-11,15,18H2,1-2H3. The third-order valence-corrected chi connectivity index (χ3v) is 4.54. The van der Waals surface area contributed by atoms with Gasteiger partial charge in [0, 0.05) is 12.0 Å². The summed E-state index contributed by atoms with van der Waals surface area (Å²) in [6, 6.07) is 10.4. The molecule has 0 fully saturated rings. The molecule has 0 saturated heterocycles. The maximum absolute atomic E-state index is 11.8. The lowest BCUT2D eigenvalue weighted by Gasteiger charge is -2.28. The van der Waals surface area contributed by atoms with Gasteiger partial charge in [0.2, 0.25) is 0 Å². The van der Waals surface area contributed by atoms with Crippen LogP contribution in [0.5, 0.6) is 0 Å². The molecular weight excluding hydrogens is 270 g/mol. The topological polar surface area (TPSA) is 27.5 Å². The van der Waals surface area contributed by atoms with Crippen LogP contribution < -0.4 is 5.06 Å². The molecule has 0 saturated carbocycles. The number of quaternary nitrogens is 1. The number of unbranched alkanes of at least 4 members (excludes halogenated alkanes) is 9. The summed E-state index contributed by atoms with van der Waals surface area (Å²) in [5.74, 6) is 0. The van der Waals surface area contributed by atoms with Gasteiger partial charge in [0.25, 0.3) is 0 Å². The van der Waals surface area contributed by atoms with E-state index >= 15 is 0 Å². The van der Waals surface area contributed by atoms with Crippen LogP contribution in [0.1, 0.15) is 89.2 Å². The SMILES string of the molecule is CCCCCCCCCCCCC(c1ccccc1)[NH+](C)[O-]. The maximum Gasteiger partial charge on any atom is 0.113 e. The van der Waals surface area contributed by atoms with Gasteiger partial charge in [-0.3, -0.25) is 0 Å². The van der Waals surface area contributed by atoms with Crippen LogP contribution >= 0.6 is 0 Å². The lowest BCUT2D eigenvalue weighted by atomic mass is 9.99. The molecule has 1 aromatic rings. The Morgan fingerprint density at radius 2 is 1.32 bits per heavy atom. The van der Waals surface area contributed by atoms with Gasteiger partial charge in [-0.25, -0.2) is 0 Å². The van der Waals surface area contributed by atoms with Crippen molar-refractivity contribution in [3.8, 4) is 0 Å². The fourth-order valence-corrected chi connectivity index (χ4v) is 3.13. The summed E-state index contributed by atoms with van der Waals surface area (Å²) in [4.78, 5) is 0. The van der Waals surface area contributed by atoms with Crippen LogP contribution in [0.4, 0.5) is 0 Å². The van der Waals surface area contributed by atoms with Gasteiger partial charge in [0.15, 0.2) is 0 Å². The first-order chi connectivity index (χ1) is 10.8. The molecule has 0 aliphatic heterocycles. The Hall–Kier alpha value is -0.860. The Morgan fingerprint density at radius 3 is 1.82 bits per heavy atom. The molecule has 0 heterocycles. The molecule has 0 amide bonds. The van der Waals surface area contributed by atoms with Crippen molar-refractivity contribution in [1.82, 2.24) is 0 Å². The third-order valence-electron chi connectivity index (χ3n) is 4.54. The van der Waals surface area contributed by atoms with E-state index in [4.69, 9.17) is 0 Å². The Bertz CT molecular complexity index is 350. The highest BCUT2D eigenvalue weighted by atomic mass is 16.5. The predicted octanol–water partition coefficient (Wildman–Crippen LogP) is 5.05. The monoisotopic (exact) mass is 305 g/mol. The van der Waals surface area contributed by atoms with Gasteiger partial charge in [0.05, 0.1) is 7.05 Å². The first-order valence-electron chi connectivity index (χ1n) is 9.31. The molecule has 126 valence electrons. The number of rotatable bonds is 13. The lowest BCUT2D eigenvalue weighted by Crippen LogP contribution is -3.04. The third kappa shape index (κ3) is 8.55. The minimum atomic E-state index is 0.107. The van der Waals surface area contributed by atoms with Crippen LogP contribution in [-0.4, -0.2) is 7.05 Å². The smallest absolute Gasteiger partial charge is 0.113 e. The summed E-state index contributed by atoms with van der Waals surface area (Å²) in [7, 11) is 1.73. The Morgan fingerprint density at radius 1 is 0.818 bits per heavy atom. The highest BCUT2D eigenvalue weighted by Gasteiger charge is 2.14. The average Bonchev–Trinajstić information content (AvgIpc) is 2.53. The molecule has 0 aliphatic rings. The van der Waals surface area contributed by atoms with Crippen molar-refractivity contribution < 1.29 is 5.06 Å². The first-order valence-corrected chi connectivity index (χ1v) is 9.31. The number of benzene rings is 1. The zero-order valence-electron chi connectivity index (χ0n) is 14.7. The minimum Gasteiger partial charge on any atom is -0.634 e. The van der Waals surface area contributed by atoms with Gasteiger partial charge >= 0.3 is 0 Å². The summed E-state index contributed by atoms with van der Waals surface area (Å²) in [5, 5.41) is 12.1. The fraction of sp³-hybridized carbons (Fsp3) is 0.700. The first kappa shape index (κ1) is 19.2. The van der Waals surface area contributed by atoms with E-state index in [1.165, 1.54) is 69.8 Å². The van der Waals surface area contributed by atoms with Gasteiger partial charge in [0.1, 0.15) is 6.04 Å². The molecule has 1 rings (SSSR count). The predicted molar refractivity (Wildman–Crippen MR) is 95.9 cm³/mol. The van der Waals surface area contributed by atoms with E-state index in [1.54, 1.807) is 7.05 Å².